The molecular formula is C48H88Si2. The predicted octanol–water partition coefficient (Wildman–Crippen LogP) is 15.0. The molecule has 0 spiro atoms. The van der Waals surface area contributed by atoms with E-state index < -0.39 is 16.1 Å². The monoisotopic (exact) mass is 721 g/mol. The molecule has 0 nitrogen and oxygen atoms in total. The Bertz CT molecular complexity index is 1050. The molecule has 7 saturated carbocycles. The highest BCUT2D eigenvalue weighted by molar-refractivity contribution is 6.81. The summed E-state index contributed by atoms with van der Waals surface area (Å²) < 4.78 is 0. The molecule has 50 heavy (non-hydrogen) atoms. The Hall–Kier alpha value is 0.434. The third-order valence-electron chi connectivity index (χ3n) is 21.5. The van der Waals surface area contributed by atoms with Gasteiger partial charge in [-0.15, -0.1) is 0 Å². The second-order valence-electron chi connectivity index (χ2n) is 23.6. The average molecular weight is 721 g/mol. The van der Waals surface area contributed by atoms with E-state index in [9.17, 15) is 0 Å². The number of rotatable bonds is 6. The van der Waals surface area contributed by atoms with E-state index >= 15 is 0 Å². The Balaban J connectivity index is 1.01. The third kappa shape index (κ3) is 6.03. The van der Waals surface area contributed by atoms with Gasteiger partial charge in [0.05, 0.1) is 16.1 Å². The van der Waals surface area contributed by atoms with Gasteiger partial charge in [-0.2, -0.15) is 0 Å². The van der Waals surface area contributed by atoms with Crippen LogP contribution in [0, 0.1) is 107 Å². The molecule has 0 saturated heterocycles. The summed E-state index contributed by atoms with van der Waals surface area (Å²) in [5.74, 6) is 18.0. The zero-order valence-electron chi connectivity index (χ0n) is 36.2. The minimum absolute atomic E-state index is 0.919. The largest absolute Gasteiger partial charge is 0.0689 e. The molecule has 0 amide bonds. The fourth-order valence-electron chi connectivity index (χ4n) is 19.3. The first-order valence-electron chi connectivity index (χ1n) is 23.5. The van der Waals surface area contributed by atoms with E-state index in [0.29, 0.717) is 0 Å². The van der Waals surface area contributed by atoms with Gasteiger partial charge in [0, 0.05) is 0 Å². The SMILES string of the molecule is CC1CC2C(C3CCC(C4CCCC5C4CC(C)C5[Si](C)(C)C4C(C)C(C)C(C)C4C)CC3)CCCC2C1[Si](C)(C)C1C(C)C(C)C(C)C1C. The van der Waals surface area contributed by atoms with Crippen molar-refractivity contribution in [1.29, 1.82) is 0 Å². The molecular weight excluding hydrogens is 633 g/mol. The first-order chi connectivity index (χ1) is 23.5. The smallest absolute Gasteiger partial charge is 0.0546 e. The van der Waals surface area contributed by atoms with E-state index in [4.69, 9.17) is 0 Å². The fourth-order valence-corrected chi connectivity index (χ4v) is 33.1. The Morgan fingerprint density at radius 1 is 0.300 bits per heavy atom. The molecule has 7 aliphatic carbocycles. The van der Waals surface area contributed by atoms with Crippen LogP contribution in [-0.4, -0.2) is 16.1 Å². The summed E-state index contributed by atoms with van der Waals surface area (Å²) in [5, 5.41) is 0. The van der Waals surface area contributed by atoms with E-state index in [1.165, 1.54) is 0 Å². The molecule has 7 rings (SSSR count). The molecule has 18 atom stereocenters. The maximum Gasteiger partial charge on any atom is 0.0546 e. The van der Waals surface area contributed by atoms with E-state index in [1.807, 2.05) is 0 Å². The zero-order chi connectivity index (χ0) is 36.2. The summed E-state index contributed by atoms with van der Waals surface area (Å²) in [6.07, 6.45) is 19.1. The molecule has 0 heterocycles. The van der Waals surface area contributed by atoms with Gasteiger partial charge < -0.3 is 0 Å². The Kier molecular flexibility index (Phi) is 11.0. The summed E-state index contributed by atoms with van der Waals surface area (Å²) in [6.45, 7) is 38.2. The summed E-state index contributed by atoms with van der Waals surface area (Å²) in [7, 11) is -2.78. The minimum Gasteiger partial charge on any atom is -0.0689 e. The lowest BCUT2D eigenvalue weighted by molar-refractivity contribution is 0.0475. The highest BCUT2D eigenvalue weighted by Gasteiger charge is 2.61. The minimum atomic E-state index is -1.39. The molecule has 0 aromatic heterocycles. The van der Waals surface area contributed by atoms with Crippen LogP contribution < -0.4 is 0 Å². The van der Waals surface area contributed by atoms with Crippen LogP contribution in [0.3, 0.4) is 0 Å². The van der Waals surface area contributed by atoms with Crippen molar-refractivity contribution in [2.24, 2.45) is 107 Å². The van der Waals surface area contributed by atoms with Gasteiger partial charge in [0.25, 0.3) is 0 Å². The first-order valence-corrected chi connectivity index (χ1v) is 29.8. The number of hydrogen-bond donors (Lipinski definition) is 0. The maximum atomic E-state index is 2.90. The molecule has 2 heteroatoms. The third-order valence-corrected chi connectivity index (χ3v) is 32.5. The van der Waals surface area contributed by atoms with Crippen molar-refractivity contribution >= 4 is 16.1 Å². The zero-order valence-corrected chi connectivity index (χ0v) is 38.2. The average Bonchev–Trinajstić information content (AvgIpc) is 3.73. The van der Waals surface area contributed by atoms with E-state index in [1.54, 1.807) is 77.0 Å². The van der Waals surface area contributed by atoms with Crippen LogP contribution in [0.2, 0.25) is 48.4 Å². The lowest BCUT2D eigenvalue weighted by Crippen LogP contribution is -2.47. The molecule has 0 aromatic carbocycles. The van der Waals surface area contributed by atoms with Crippen molar-refractivity contribution in [2.75, 3.05) is 0 Å². The van der Waals surface area contributed by atoms with E-state index in [2.05, 4.69) is 95.4 Å². The van der Waals surface area contributed by atoms with Crippen molar-refractivity contribution in [3.63, 3.8) is 0 Å². The van der Waals surface area contributed by atoms with Crippen molar-refractivity contribution in [1.82, 2.24) is 0 Å². The number of hydrogen-bond acceptors (Lipinski definition) is 0. The Morgan fingerprint density at radius 2 is 0.580 bits per heavy atom. The van der Waals surface area contributed by atoms with Crippen LogP contribution in [0.1, 0.15) is 146 Å². The normalized spacial score (nSPS) is 56.0. The van der Waals surface area contributed by atoms with E-state index in [-0.39, 0.29) is 0 Å². The van der Waals surface area contributed by atoms with Gasteiger partial charge in [0.15, 0.2) is 0 Å². The molecule has 0 radical (unpaired) electrons. The quantitative estimate of drug-likeness (QED) is 0.240. The molecule has 0 aliphatic heterocycles. The summed E-state index contributed by atoms with van der Waals surface area (Å²) in [4.78, 5) is 0. The molecule has 0 aromatic rings. The highest BCUT2D eigenvalue weighted by atomic mass is 28.3. The molecule has 0 bridgehead atoms. The van der Waals surface area contributed by atoms with Gasteiger partial charge in [0.2, 0.25) is 0 Å². The molecule has 288 valence electrons. The van der Waals surface area contributed by atoms with Gasteiger partial charge in [-0.1, -0.05) is 121 Å². The lowest BCUT2D eigenvalue weighted by atomic mass is 9.60. The van der Waals surface area contributed by atoms with Crippen LogP contribution in [0.4, 0.5) is 0 Å². The number of fused-ring (bicyclic) bond motifs is 2. The molecule has 7 fully saturated rings. The summed E-state index contributed by atoms with van der Waals surface area (Å²) in [5.41, 5.74) is 4.25. The summed E-state index contributed by atoms with van der Waals surface area (Å²) in [6, 6.07) is 0. The second-order valence-corrected chi connectivity index (χ2v) is 33.5. The van der Waals surface area contributed by atoms with Crippen molar-refractivity contribution in [3.05, 3.63) is 0 Å². The topological polar surface area (TPSA) is 0 Å². The van der Waals surface area contributed by atoms with Crippen LogP contribution >= 0.6 is 0 Å². The van der Waals surface area contributed by atoms with Crippen LogP contribution in [-0.2, 0) is 0 Å². The van der Waals surface area contributed by atoms with Gasteiger partial charge in [0.1, 0.15) is 0 Å². The maximum absolute atomic E-state index is 2.90. The van der Waals surface area contributed by atoms with Crippen molar-refractivity contribution in [2.45, 2.75) is 195 Å². The first kappa shape index (κ1) is 38.7. The molecule has 0 N–H and O–H groups in total. The molecule has 18 unspecified atom stereocenters. The van der Waals surface area contributed by atoms with Gasteiger partial charge in [-0.3, -0.25) is 0 Å². The van der Waals surface area contributed by atoms with Gasteiger partial charge >= 0.3 is 0 Å². The Labute approximate surface area is 316 Å². The van der Waals surface area contributed by atoms with Crippen LogP contribution in [0.25, 0.3) is 0 Å². The highest BCUT2D eigenvalue weighted by Crippen LogP contribution is 2.68. The van der Waals surface area contributed by atoms with Crippen LogP contribution in [0.5, 0.6) is 0 Å². The lowest BCUT2D eigenvalue weighted by Gasteiger charge is -2.50. The van der Waals surface area contributed by atoms with E-state index in [0.717, 1.165) is 129 Å². The fraction of sp³-hybridized carbons (Fsp3) is 1.00. The van der Waals surface area contributed by atoms with Crippen molar-refractivity contribution in [3.8, 4) is 0 Å². The predicted molar refractivity (Wildman–Crippen MR) is 225 cm³/mol. The van der Waals surface area contributed by atoms with Crippen LogP contribution in [0.15, 0.2) is 0 Å². The molecule has 7 aliphatic rings. The van der Waals surface area contributed by atoms with Gasteiger partial charge in [-0.25, -0.2) is 0 Å². The second kappa shape index (κ2) is 14.2. The Morgan fingerprint density at radius 3 is 0.880 bits per heavy atom. The van der Waals surface area contributed by atoms with Gasteiger partial charge in [-0.05, 0) is 180 Å². The van der Waals surface area contributed by atoms with Crippen molar-refractivity contribution < 1.29 is 0 Å². The standard InChI is InChI=1S/C48H88Si2/c1-27-25-43-39(17-15-19-41(43)45(27)49(11,12)47-33(7)29(3)30(4)34(47)8)37-21-23-38(24-22-37)40-18-16-20-42-44(40)26-28(2)46(42)50(13,14)48-35(9)31(5)32(6)36(48)10/h27-48H,15-26H2,1-14H3. The summed E-state index contributed by atoms with van der Waals surface area (Å²) >= 11 is 0.